The topological polar surface area (TPSA) is 35.5 Å². The molecule has 0 saturated heterocycles. The van der Waals surface area contributed by atoms with Gasteiger partial charge in [0.15, 0.2) is 0 Å². The lowest BCUT2D eigenvalue weighted by molar-refractivity contribution is -0.147. The summed E-state index contributed by atoms with van der Waals surface area (Å²) in [6.07, 6.45) is 0.634. The fraction of sp³-hybridized carbons (Fsp3) is 0.889. The summed E-state index contributed by atoms with van der Waals surface area (Å²) in [5, 5.41) is 0. The van der Waals surface area contributed by atoms with Crippen LogP contribution in [-0.4, -0.2) is 29.6 Å². The fourth-order valence-electron chi connectivity index (χ4n) is 0.996. The molecule has 1 saturated carbocycles. The third-order valence-corrected chi connectivity index (χ3v) is 2.72. The zero-order valence-corrected chi connectivity index (χ0v) is 9.77. The molecular formula is C9H14Cl2O3. The van der Waals surface area contributed by atoms with Crippen LogP contribution >= 0.6 is 23.2 Å². The molecule has 1 aliphatic carbocycles. The van der Waals surface area contributed by atoms with Gasteiger partial charge in [-0.15, -0.1) is 23.2 Å². The highest BCUT2D eigenvalue weighted by atomic mass is 35.5. The number of rotatable bonds is 5. The van der Waals surface area contributed by atoms with Gasteiger partial charge in [0.05, 0.1) is 18.6 Å². The Morgan fingerprint density at radius 1 is 1.50 bits per heavy atom. The van der Waals surface area contributed by atoms with E-state index in [4.69, 9.17) is 32.7 Å². The molecule has 82 valence electrons. The summed E-state index contributed by atoms with van der Waals surface area (Å²) in [6, 6.07) is 0. The van der Waals surface area contributed by atoms with Gasteiger partial charge in [-0.25, -0.2) is 0 Å². The molecule has 0 aromatic rings. The second-order valence-corrected chi connectivity index (χ2v) is 5.15. The Balaban J connectivity index is 2.06. The highest BCUT2D eigenvalue weighted by molar-refractivity contribution is 6.52. The summed E-state index contributed by atoms with van der Waals surface area (Å²) in [5.41, 5.74) is 0. The van der Waals surface area contributed by atoms with E-state index in [9.17, 15) is 4.79 Å². The molecule has 1 atom stereocenters. The minimum atomic E-state index is -0.893. The molecule has 0 heterocycles. The SMILES string of the molecule is CC(C)OCCOC(=O)C1CC1(Cl)Cl. The van der Waals surface area contributed by atoms with E-state index in [1.54, 1.807) is 0 Å². The molecule has 14 heavy (non-hydrogen) atoms. The van der Waals surface area contributed by atoms with Gasteiger partial charge < -0.3 is 9.47 Å². The van der Waals surface area contributed by atoms with Crippen molar-refractivity contribution >= 4 is 29.2 Å². The third-order valence-electron chi connectivity index (χ3n) is 1.89. The lowest BCUT2D eigenvalue weighted by atomic mass is 10.4. The van der Waals surface area contributed by atoms with E-state index >= 15 is 0 Å². The highest BCUT2D eigenvalue weighted by Gasteiger charge is 2.57. The van der Waals surface area contributed by atoms with E-state index in [1.165, 1.54) is 0 Å². The van der Waals surface area contributed by atoms with Gasteiger partial charge in [0.1, 0.15) is 10.9 Å². The molecule has 1 fully saturated rings. The quantitative estimate of drug-likeness (QED) is 0.420. The maximum Gasteiger partial charge on any atom is 0.312 e. The molecule has 0 aromatic carbocycles. The van der Waals surface area contributed by atoms with Crippen LogP contribution < -0.4 is 0 Å². The number of esters is 1. The fourth-order valence-corrected chi connectivity index (χ4v) is 1.48. The number of hydrogen-bond donors (Lipinski definition) is 0. The van der Waals surface area contributed by atoms with Gasteiger partial charge in [0, 0.05) is 0 Å². The van der Waals surface area contributed by atoms with E-state index in [0.717, 1.165) is 0 Å². The maximum absolute atomic E-state index is 11.2. The van der Waals surface area contributed by atoms with Gasteiger partial charge >= 0.3 is 5.97 Å². The predicted molar refractivity (Wildman–Crippen MR) is 54.6 cm³/mol. The largest absolute Gasteiger partial charge is 0.463 e. The molecule has 0 N–H and O–H groups in total. The summed E-state index contributed by atoms with van der Waals surface area (Å²) in [6.45, 7) is 4.52. The first-order valence-electron chi connectivity index (χ1n) is 4.59. The molecule has 5 heteroatoms. The van der Waals surface area contributed by atoms with Gasteiger partial charge in [-0.05, 0) is 20.3 Å². The summed E-state index contributed by atoms with van der Waals surface area (Å²) >= 11 is 11.4. The van der Waals surface area contributed by atoms with Crippen LogP contribution in [0.4, 0.5) is 0 Å². The molecule has 3 nitrogen and oxygen atoms in total. The third kappa shape index (κ3) is 3.64. The van der Waals surface area contributed by atoms with Crippen molar-refractivity contribution in [2.24, 2.45) is 5.92 Å². The Morgan fingerprint density at radius 2 is 2.07 bits per heavy atom. The number of carbonyl (C=O) groups is 1. The van der Waals surface area contributed by atoms with Crippen LogP contribution in [0.5, 0.6) is 0 Å². The maximum atomic E-state index is 11.2. The van der Waals surface area contributed by atoms with E-state index in [-0.39, 0.29) is 24.6 Å². The minimum Gasteiger partial charge on any atom is -0.463 e. The Hall–Kier alpha value is 0.01000. The standard InChI is InChI=1S/C9H14Cl2O3/c1-6(2)13-3-4-14-8(12)7-5-9(7,10)11/h6-7H,3-5H2,1-2H3. The molecule has 1 aliphatic rings. The van der Waals surface area contributed by atoms with Crippen molar-refractivity contribution in [3.63, 3.8) is 0 Å². The van der Waals surface area contributed by atoms with Gasteiger partial charge in [-0.3, -0.25) is 4.79 Å². The number of alkyl halides is 2. The zero-order chi connectivity index (χ0) is 10.8. The predicted octanol–water partition coefficient (Wildman–Crippen LogP) is 2.15. The van der Waals surface area contributed by atoms with Gasteiger partial charge in [0.25, 0.3) is 0 Å². The normalized spacial score (nSPS) is 23.6. The highest BCUT2D eigenvalue weighted by Crippen LogP contribution is 2.53. The molecule has 1 rings (SSSR count). The van der Waals surface area contributed by atoms with E-state index in [0.29, 0.717) is 13.0 Å². The van der Waals surface area contributed by atoms with Crippen molar-refractivity contribution in [2.45, 2.75) is 30.7 Å². The van der Waals surface area contributed by atoms with Crippen LogP contribution in [0, 0.1) is 5.92 Å². The molecule has 0 spiro atoms. The lowest BCUT2D eigenvalue weighted by Crippen LogP contribution is -2.16. The summed E-state index contributed by atoms with van der Waals surface area (Å²) < 4.78 is 9.23. The summed E-state index contributed by atoms with van der Waals surface area (Å²) in [7, 11) is 0. The lowest BCUT2D eigenvalue weighted by Gasteiger charge is -2.08. The number of hydrogen-bond acceptors (Lipinski definition) is 3. The van der Waals surface area contributed by atoms with Crippen LogP contribution in [-0.2, 0) is 14.3 Å². The van der Waals surface area contributed by atoms with Crippen molar-refractivity contribution in [1.29, 1.82) is 0 Å². The molecule has 0 radical (unpaired) electrons. The van der Waals surface area contributed by atoms with E-state index in [2.05, 4.69) is 0 Å². The van der Waals surface area contributed by atoms with Crippen molar-refractivity contribution in [3.8, 4) is 0 Å². The second kappa shape index (κ2) is 4.69. The van der Waals surface area contributed by atoms with Crippen molar-refractivity contribution in [1.82, 2.24) is 0 Å². The molecule has 0 aliphatic heterocycles. The van der Waals surface area contributed by atoms with Crippen molar-refractivity contribution < 1.29 is 14.3 Å². The Morgan fingerprint density at radius 3 is 2.50 bits per heavy atom. The van der Waals surface area contributed by atoms with Crippen LogP contribution in [0.15, 0.2) is 0 Å². The average molecular weight is 241 g/mol. The van der Waals surface area contributed by atoms with Gasteiger partial charge in [0.2, 0.25) is 0 Å². The Bertz CT molecular complexity index is 216. The first-order valence-corrected chi connectivity index (χ1v) is 5.35. The van der Waals surface area contributed by atoms with Crippen molar-refractivity contribution in [2.75, 3.05) is 13.2 Å². The number of carbonyl (C=O) groups excluding carboxylic acids is 1. The van der Waals surface area contributed by atoms with Gasteiger partial charge in [-0.2, -0.15) is 0 Å². The molecule has 1 unspecified atom stereocenters. The van der Waals surface area contributed by atoms with Crippen molar-refractivity contribution in [3.05, 3.63) is 0 Å². The first kappa shape index (κ1) is 12.1. The summed E-state index contributed by atoms with van der Waals surface area (Å²) in [4.78, 5) is 11.2. The monoisotopic (exact) mass is 240 g/mol. The van der Waals surface area contributed by atoms with Crippen LogP contribution in [0.25, 0.3) is 0 Å². The molecular weight excluding hydrogens is 227 g/mol. The summed E-state index contributed by atoms with van der Waals surface area (Å²) in [5.74, 6) is -0.688. The molecule has 0 amide bonds. The number of ether oxygens (including phenoxy) is 2. The van der Waals surface area contributed by atoms with Crippen LogP contribution in [0.2, 0.25) is 0 Å². The van der Waals surface area contributed by atoms with E-state index in [1.807, 2.05) is 13.8 Å². The molecule has 0 bridgehead atoms. The zero-order valence-electron chi connectivity index (χ0n) is 8.26. The average Bonchev–Trinajstić information content (AvgIpc) is 2.68. The Labute approximate surface area is 93.6 Å². The van der Waals surface area contributed by atoms with Crippen LogP contribution in [0.1, 0.15) is 20.3 Å². The second-order valence-electron chi connectivity index (χ2n) is 3.60. The minimum absolute atomic E-state index is 0.148. The number of halogens is 2. The van der Waals surface area contributed by atoms with Crippen LogP contribution in [0.3, 0.4) is 0 Å². The van der Waals surface area contributed by atoms with E-state index < -0.39 is 4.33 Å². The Kier molecular flexibility index (Phi) is 4.04. The first-order chi connectivity index (χ1) is 6.43. The van der Waals surface area contributed by atoms with Gasteiger partial charge in [-0.1, -0.05) is 0 Å². The molecule has 0 aromatic heterocycles. The smallest absolute Gasteiger partial charge is 0.312 e.